The number of aliphatic hydroxyl groups excluding tert-OH is 1. The minimum Gasteiger partial charge on any atom is -0.395 e. The number of nitrogens with zero attached hydrogens (tertiary/aromatic N) is 1. The van der Waals surface area contributed by atoms with Gasteiger partial charge in [-0.1, -0.05) is 37.1 Å². The molecule has 0 bridgehead atoms. The summed E-state index contributed by atoms with van der Waals surface area (Å²) in [4.78, 5) is 2.24. The van der Waals surface area contributed by atoms with Crippen molar-refractivity contribution in [3.8, 4) is 0 Å². The molecule has 0 aromatic heterocycles. The maximum absolute atomic E-state index is 9.17. The smallest absolute Gasteiger partial charge is 0.0558 e. The van der Waals surface area contributed by atoms with Crippen molar-refractivity contribution in [3.05, 3.63) is 34.9 Å². The van der Waals surface area contributed by atoms with E-state index in [1.165, 1.54) is 0 Å². The first kappa shape index (κ1) is 15.4. The van der Waals surface area contributed by atoms with Gasteiger partial charge in [-0.25, -0.2) is 0 Å². The van der Waals surface area contributed by atoms with Crippen LogP contribution in [0.4, 0.5) is 0 Å². The highest BCUT2D eigenvalue weighted by atomic mass is 35.5. The second-order valence-electron chi connectivity index (χ2n) is 4.42. The largest absolute Gasteiger partial charge is 0.395 e. The number of benzene rings is 1. The van der Waals surface area contributed by atoms with Gasteiger partial charge < -0.3 is 10.8 Å². The summed E-state index contributed by atoms with van der Waals surface area (Å²) >= 11 is 5.90. The molecule has 0 saturated carbocycles. The van der Waals surface area contributed by atoms with Crippen molar-refractivity contribution in [1.82, 2.24) is 4.90 Å². The molecule has 102 valence electrons. The summed E-state index contributed by atoms with van der Waals surface area (Å²) in [5.74, 6) is 0. The summed E-state index contributed by atoms with van der Waals surface area (Å²) in [6.07, 6.45) is 2.25. The number of rotatable bonds is 8. The van der Waals surface area contributed by atoms with Crippen LogP contribution in [0.15, 0.2) is 24.3 Å². The van der Waals surface area contributed by atoms with Crippen LogP contribution >= 0.6 is 11.6 Å². The molecule has 1 atom stereocenters. The van der Waals surface area contributed by atoms with Gasteiger partial charge in [-0.2, -0.15) is 0 Å². The summed E-state index contributed by atoms with van der Waals surface area (Å²) < 4.78 is 0. The second-order valence-corrected chi connectivity index (χ2v) is 4.85. The molecular weight excluding hydrogens is 248 g/mol. The van der Waals surface area contributed by atoms with Crippen LogP contribution in [0.3, 0.4) is 0 Å². The first-order valence-corrected chi connectivity index (χ1v) is 6.91. The molecule has 0 saturated heterocycles. The third-order valence-electron chi connectivity index (χ3n) is 3.10. The van der Waals surface area contributed by atoms with Gasteiger partial charge >= 0.3 is 0 Å². The monoisotopic (exact) mass is 270 g/mol. The maximum atomic E-state index is 9.17. The minimum atomic E-state index is 0.154. The lowest BCUT2D eigenvalue weighted by molar-refractivity contribution is 0.151. The average molecular weight is 271 g/mol. The van der Waals surface area contributed by atoms with Crippen LogP contribution in [0.1, 0.15) is 31.4 Å². The molecule has 0 aliphatic rings. The summed E-state index contributed by atoms with van der Waals surface area (Å²) in [5.41, 5.74) is 7.05. The number of nitrogens with two attached hydrogens (primary N) is 1. The van der Waals surface area contributed by atoms with Crippen LogP contribution < -0.4 is 5.73 Å². The minimum absolute atomic E-state index is 0.154. The molecule has 0 heterocycles. The first-order chi connectivity index (χ1) is 8.72. The van der Waals surface area contributed by atoms with Gasteiger partial charge in [0, 0.05) is 24.2 Å². The zero-order valence-corrected chi connectivity index (χ0v) is 11.7. The number of halogens is 1. The standard InChI is InChI=1S/C14H23ClN2O/c1-2-3-8-17(9-10-18)14(11-16)12-4-6-13(15)7-5-12/h4-7,14,18H,2-3,8-11,16H2,1H3. The van der Waals surface area contributed by atoms with Crippen LogP contribution in [-0.4, -0.2) is 36.2 Å². The van der Waals surface area contributed by atoms with Crippen LogP contribution in [-0.2, 0) is 0 Å². The topological polar surface area (TPSA) is 49.5 Å². The van der Waals surface area contributed by atoms with Crippen LogP contribution in [0, 0.1) is 0 Å². The Morgan fingerprint density at radius 2 is 1.94 bits per heavy atom. The molecule has 1 aromatic rings. The Hall–Kier alpha value is -0.610. The molecule has 0 aliphatic carbocycles. The average Bonchev–Trinajstić information content (AvgIpc) is 2.39. The van der Waals surface area contributed by atoms with E-state index in [1.54, 1.807) is 0 Å². The van der Waals surface area contributed by atoms with Crippen LogP contribution in [0.25, 0.3) is 0 Å². The lowest BCUT2D eigenvalue weighted by Crippen LogP contribution is -2.36. The zero-order chi connectivity index (χ0) is 13.4. The number of aliphatic hydroxyl groups is 1. The Labute approximate surface area is 115 Å². The van der Waals surface area contributed by atoms with Crippen molar-refractivity contribution in [2.45, 2.75) is 25.8 Å². The van der Waals surface area contributed by atoms with Gasteiger partial charge in [0.25, 0.3) is 0 Å². The van der Waals surface area contributed by atoms with Crippen molar-refractivity contribution in [2.75, 3.05) is 26.2 Å². The normalized spacial score (nSPS) is 12.9. The molecule has 0 radical (unpaired) electrons. The van der Waals surface area contributed by atoms with E-state index in [-0.39, 0.29) is 12.6 Å². The van der Waals surface area contributed by atoms with Gasteiger partial charge in [-0.3, -0.25) is 4.90 Å². The fourth-order valence-electron chi connectivity index (χ4n) is 2.09. The van der Waals surface area contributed by atoms with Crippen molar-refractivity contribution in [1.29, 1.82) is 0 Å². The summed E-state index contributed by atoms with van der Waals surface area (Å²) in [5, 5.41) is 9.90. The predicted octanol–water partition coefficient (Wildman–Crippen LogP) is 2.43. The molecule has 0 spiro atoms. The quantitative estimate of drug-likeness (QED) is 0.763. The van der Waals surface area contributed by atoms with Crippen molar-refractivity contribution in [3.63, 3.8) is 0 Å². The van der Waals surface area contributed by atoms with Gasteiger partial charge in [0.05, 0.1) is 6.61 Å². The van der Waals surface area contributed by atoms with E-state index in [2.05, 4.69) is 11.8 Å². The van der Waals surface area contributed by atoms with E-state index in [4.69, 9.17) is 22.4 Å². The van der Waals surface area contributed by atoms with Crippen molar-refractivity contribution in [2.24, 2.45) is 5.73 Å². The molecule has 0 aliphatic heterocycles. The fourth-order valence-corrected chi connectivity index (χ4v) is 2.22. The number of hydrogen-bond donors (Lipinski definition) is 2. The summed E-state index contributed by atoms with van der Waals surface area (Å²) in [7, 11) is 0. The third-order valence-corrected chi connectivity index (χ3v) is 3.36. The molecule has 1 unspecified atom stereocenters. The van der Waals surface area contributed by atoms with Gasteiger partial charge in [-0.05, 0) is 30.7 Å². The van der Waals surface area contributed by atoms with Crippen LogP contribution in [0.5, 0.6) is 0 Å². The van der Waals surface area contributed by atoms with Gasteiger partial charge in [0.15, 0.2) is 0 Å². The highest BCUT2D eigenvalue weighted by Crippen LogP contribution is 2.21. The Balaban J connectivity index is 2.79. The number of hydrogen-bond acceptors (Lipinski definition) is 3. The van der Waals surface area contributed by atoms with Gasteiger partial charge in [0.1, 0.15) is 0 Å². The first-order valence-electron chi connectivity index (χ1n) is 6.53. The van der Waals surface area contributed by atoms with E-state index in [0.29, 0.717) is 13.1 Å². The lowest BCUT2D eigenvalue weighted by Gasteiger charge is -2.30. The SMILES string of the molecule is CCCCN(CCO)C(CN)c1ccc(Cl)cc1. The van der Waals surface area contributed by atoms with Crippen LogP contribution in [0.2, 0.25) is 5.02 Å². The Kier molecular flexibility index (Phi) is 7.28. The highest BCUT2D eigenvalue weighted by molar-refractivity contribution is 6.30. The number of unbranched alkanes of at least 4 members (excludes halogenated alkanes) is 1. The predicted molar refractivity (Wildman–Crippen MR) is 76.8 cm³/mol. The van der Waals surface area contributed by atoms with E-state index in [1.807, 2.05) is 24.3 Å². The summed E-state index contributed by atoms with van der Waals surface area (Å²) in [6, 6.07) is 7.94. The molecule has 1 aromatic carbocycles. The molecule has 18 heavy (non-hydrogen) atoms. The van der Waals surface area contributed by atoms with E-state index in [0.717, 1.165) is 30.0 Å². The molecule has 0 fully saturated rings. The maximum Gasteiger partial charge on any atom is 0.0558 e. The Morgan fingerprint density at radius 1 is 1.28 bits per heavy atom. The van der Waals surface area contributed by atoms with E-state index >= 15 is 0 Å². The summed E-state index contributed by atoms with van der Waals surface area (Å²) in [6.45, 7) is 4.49. The third kappa shape index (κ3) is 4.58. The fraction of sp³-hybridized carbons (Fsp3) is 0.571. The second kappa shape index (κ2) is 8.48. The molecule has 4 heteroatoms. The van der Waals surface area contributed by atoms with E-state index in [9.17, 15) is 0 Å². The van der Waals surface area contributed by atoms with Gasteiger partial charge in [-0.15, -0.1) is 0 Å². The molecule has 0 amide bonds. The van der Waals surface area contributed by atoms with E-state index < -0.39 is 0 Å². The zero-order valence-electron chi connectivity index (χ0n) is 11.0. The molecule has 3 nitrogen and oxygen atoms in total. The van der Waals surface area contributed by atoms with Gasteiger partial charge in [0.2, 0.25) is 0 Å². The van der Waals surface area contributed by atoms with Crippen molar-refractivity contribution < 1.29 is 5.11 Å². The molecule has 1 rings (SSSR count). The highest BCUT2D eigenvalue weighted by Gasteiger charge is 2.17. The Bertz CT molecular complexity index is 329. The Morgan fingerprint density at radius 3 is 2.44 bits per heavy atom. The molecular formula is C14H23ClN2O. The molecule has 3 N–H and O–H groups in total. The van der Waals surface area contributed by atoms with Crippen molar-refractivity contribution >= 4 is 11.6 Å². The lowest BCUT2D eigenvalue weighted by atomic mass is 10.0.